The maximum atomic E-state index is 5.91. The Balaban J connectivity index is 2.11. The maximum absolute atomic E-state index is 5.91. The third-order valence-corrected chi connectivity index (χ3v) is 3.72. The molecule has 4 nitrogen and oxygen atoms in total. The molecule has 0 aliphatic heterocycles. The molecule has 5 heteroatoms. The predicted octanol–water partition coefficient (Wildman–Crippen LogP) is 3.31. The Labute approximate surface area is 113 Å². The van der Waals surface area contributed by atoms with Gasteiger partial charge in [-0.05, 0) is 30.6 Å². The first-order chi connectivity index (χ1) is 8.37. The van der Waals surface area contributed by atoms with Crippen molar-refractivity contribution in [3.05, 3.63) is 11.5 Å². The van der Waals surface area contributed by atoms with Crippen LogP contribution in [0.1, 0.15) is 40.0 Å². The monoisotopic (exact) mass is 269 g/mol. The lowest BCUT2D eigenvalue weighted by Crippen LogP contribution is -2.34. The van der Waals surface area contributed by atoms with Gasteiger partial charge in [-0.25, -0.2) is 4.98 Å². The number of anilines is 1. The van der Waals surface area contributed by atoms with Gasteiger partial charge in [0.05, 0.1) is 0 Å². The van der Waals surface area contributed by atoms with Gasteiger partial charge in [0.25, 0.3) is 0 Å². The molecule has 1 fully saturated rings. The third kappa shape index (κ3) is 3.05. The van der Waals surface area contributed by atoms with Crippen molar-refractivity contribution in [2.45, 2.75) is 46.1 Å². The Hall–Kier alpha value is -1.03. The van der Waals surface area contributed by atoms with Crippen molar-refractivity contribution >= 4 is 17.3 Å². The van der Waals surface area contributed by atoms with Crippen molar-refractivity contribution in [1.29, 1.82) is 0 Å². The summed E-state index contributed by atoms with van der Waals surface area (Å²) in [4.78, 5) is 7.89. The molecule has 1 aromatic heterocycles. The van der Waals surface area contributed by atoms with Crippen LogP contribution in [0.2, 0.25) is 5.15 Å². The molecule has 18 heavy (non-hydrogen) atoms. The molecule has 100 valence electrons. The smallest absolute Gasteiger partial charge is 0.242 e. The summed E-state index contributed by atoms with van der Waals surface area (Å²) in [7, 11) is 0. The minimum absolute atomic E-state index is 0.150. The van der Waals surface area contributed by atoms with Gasteiger partial charge in [0.1, 0.15) is 18.1 Å². The molecule has 0 aromatic carbocycles. The van der Waals surface area contributed by atoms with E-state index in [1.165, 1.54) is 12.7 Å². The number of hydrogen-bond acceptors (Lipinski definition) is 4. The fraction of sp³-hybridized carbons (Fsp3) is 0.692. The van der Waals surface area contributed by atoms with Gasteiger partial charge in [0, 0.05) is 0 Å². The summed E-state index contributed by atoms with van der Waals surface area (Å²) in [5.74, 6) is 1.06. The van der Waals surface area contributed by atoms with Crippen LogP contribution in [0.3, 0.4) is 0 Å². The van der Waals surface area contributed by atoms with E-state index in [1.807, 2.05) is 0 Å². The van der Waals surface area contributed by atoms with Gasteiger partial charge < -0.3 is 10.5 Å². The van der Waals surface area contributed by atoms with E-state index in [1.54, 1.807) is 0 Å². The van der Waals surface area contributed by atoms with Crippen LogP contribution < -0.4 is 10.5 Å². The highest BCUT2D eigenvalue weighted by Crippen LogP contribution is 2.40. The van der Waals surface area contributed by atoms with E-state index in [9.17, 15) is 0 Å². The Morgan fingerprint density at radius 2 is 2.11 bits per heavy atom. The molecule has 1 aliphatic carbocycles. The number of ether oxygens (including phenoxy) is 1. The van der Waals surface area contributed by atoms with Crippen LogP contribution >= 0.6 is 11.6 Å². The van der Waals surface area contributed by atoms with Crippen molar-refractivity contribution in [2.24, 2.45) is 11.3 Å². The van der Waals surface area contributed by atoms with Crippen LogP contribution in [0.25, 0.3) is 0 Å². The molecular weight excluding hydrogens is 250 g/mol. The van der Waals surface area contributed by atoms with Crippen molar-refractivity contribution in [3.8, 4) is 5.88 Å². The highest BCUT2D eigenvalue weighted by atomic mass is 35.5. The molecule has 0 bridgehead atoms. The average Bonchev–Trinajstić information content (AvgIpc) is 2.22. The van der Waals surface area contributed by atoms with E-state index in [0.29, 0.717) is 22.9 Å². The molecule has 2 atom stereocenters. The quantitative estimate of drug-likeness (QED) is 0.837. The molecule has 2 N–H and O–H groups in total. The van der Waals surface area contributed by atoms with Crippen LogP contribution in [0, 0.1) is 11.3 Å². The molecule has 1 aliphatic rings. The minimum atomic E-state index is 0.150. The minimum Gasteiger partial charge on any atom is -0.473 e. The van der Waals surface area contributed by atoms with Crippen LogP contribution in [0.4, 0.5) is 5.69 Å². The number of nitrogens with zero attached hydrogens (tertiary/aromatic N) is 2. The second-order valence-corrected chi connectivity index (χ2v) is 6.39. The van der Waals surface area contributed by atoms with E-state index < -0.39 is 0 Å². The van der Waals surface area contributed by atoms with Crippen molar-refractivity contribution in [1.82, 2.24) is 9.97 Å². The lowest BCUT2D eigenvalue weighted by Gasteiger charge is -2.38. The number of hydrogen-bond donors (Lipinski definition) is 1. The number of nitrogen functional groups attached to an aromatic ring is 1. The Morgan fingerprint density at radius 3 is 2.78 bits per heavy atom. The number of halogens is 1. The van der Waals surface area contributed by atoms with Crippen molar-refractivity contribution in [2.75, 3.05) is 5.73 Å². The van der Waals surface area contributed by atoms with E-state index in [2.05, 4.69) is 30.7 Å². The first-order valence-corrected chi connectivity index (χ1v) is 6.68. The molecule has 1 heterocycles. The second kappa shape index (κ2) is 4.92. The van der Waals surface area contributed by atoms with Crippen LogP contribution in [-0.4, -0.2) is 16.1 Å². The van der Waals surface area contributed by atoms with Gasteiger partial charge in [-0.2, -0.15) is 4.98 Å². The summed E-state index contributed by atoms with van der Waals surface area (Å²) in [6.45, 7) is 6.80. The van der Waals surface area contributed by atoms with Crippen LogP contribution in [-0.2, 0) is 0 Å². The van der Waals surface area contributed by atoms with Gasteiger partial charge in [-0.3, -0.25) is 0 Å². The van der Waals surface area contributed by atoms with Crippen LogP contribution in [0.5, 0.6) is 5.88 Å². The second-order valence-electron chi connectivity index (χ2n) is 6.04. The van der Waals surface area contributed by atoms with Gasteiger partial charge in [-0.15, -0.1) is 0 Å². The average molecular weight is 270 g/mol. The van der Waals surface area contributed by atoms with E-state index in [-0.39, 0.29) is 11.3 Å². The van der Waals surface area contributed by atoms with Gasteiger partial charge in [0.15, 0.2) is 5.15 Å². The predicted molar refractivity (Wildman–Crippen MR) is 72.7 cm³/mol. The molecule has 0 radical (unpaired) electrons. The SMILES string of the molecule is CC1CC(Oc2ncnc(Cl)c2N)CC(C)(C)C1. The molecule has 0 saturated heterocycles. The number of nitrogens with two attached hydrogens (primary N) is 1. The Bertz CT molecular complexity index is 436. The van der Waals surface area contributed by atoms with Gasteiger partial charge >= 0.3 is 0 Å². The molecular formula is C13H20ClN3O. The molecule has 2 unspecified atom stereocenters. The number of rotatable bonds is 2. The summed E-state index contributed by atoms with van der Waals surface area (Å²) in [5.41, 5.74) is 6.45. The zero-order valence-electron chi connectivity index (χ0n) is 11.1. The fourth-order valence-corrected chi connectivity index (χ4v) is 3.08. The van der Waals surface area contributed by atoms with Crippen molar-refractivity contribution in [3.63, 3.8) is 0 Å². The topological polar surface area (TPSA) is 61.0 Å². The van der Waals surface area contributed by atoms with Gasteiger partial charge in [-0.1, -0.05) is 32.4 Å². The summed E-state index contributed by atoms with van der Waals surface area (Å²) >= 11 is 5.86. The van der Waals surface area contributed by atoms with E-state index >= 15 is 0 Å². The molecule has 0 spiro atoms. The first kappa shape index (κ1) is 13.4. The molecule has 1 aromatic rings. The molecule has 1 saturated carbocycles. The summed E-state index contributed by atoms with van der Waals surface area (Å²) in [6, 6.07) is 0. The Morgan fingerprint density at radius 1 is 1.39 bits per heavy atom. The van der Waals surface area contributed by atoms with Gasteiger partial charge in [0.2, 0.25) is 5.88 Å². The molecule has 0 amide bonds. The highest BCUT2D eigenvalue weighted by molar-refractivity contribution is 6.32. The molecule has 2 rings (SSSR count). The fourth-order valence-electron chi connectivity index (χ4n) is 2.96. The van der Waals surface area contributed by atoms with Crippen molar-refractivity contribution < 1.29 is 4.74 Å². The highest BCUT2D eigenvalue weighted by Gasteiger charge is 2.33. The van der Waals surface area contributed by atoms with Crippen LogP contribution in [0.15, 0.2) is 6.33 Å². The summed E-state index contributed by atoms with van der Waals surface area (Å²) in [5, 5.41) is 0.253. The summed E-state index contributed by atoms with van der Waals surface area (Å²) in [6.07, 6.45) is 4.80. The summed E-state index contributed by atoms with van der Waals surface area (Å²) < 4.78 is 5.91. The third-order valence-electron chi connectivity index (χ3n) is 3.42. The lowest BCUT2D eigenvalue weighted by molar-refractivity contribution is 0.0537. The Kier molecular flexibility index (Phi) is 3.66. The maximum Gasteiger partial charge on any atom is 0.242 e. The van der Waals surface area contributed by atoms with E-state index in [4.69, 9.17) is 22.1 Å². The zero-order chi connectivity index (χ0) is 13.3. The number of aromatic nitrogens is 2. The normalized spacial score (nSPS) is 26.9. The lowest BCUT2D eigenvalue weighted by atomic mass is 9.71. The first-order valence-electron chi connectivity index (χ1n) is 6.30. The zero-order valence-corrected chi connectivity index (χ0v) is 11.9. The standard InChI is InChI=1S/C13H20ClN3O/c1-8-4-9(6-13(2,3)5-8)18-12-10(15)11(14)16-7-17-12/h7-9H,4-6,15H2,1-3H3. The van der Waals surface area contributed by atoms with E-state index in [0.717, 1.165) is 12.8 Å². The largest absolute Gasteiger partial charge is 0.473 e.